The zero-order valence-corrected chi connectivity index (χ0v) is 6.66. The van der Waals surface area contributed by atoms with E-state index in [1.165, 1.54) is 6.26 Å². The van der Waals surface area contributed by atoms with Crippen LogP contribution in [0.5, 0.6) is 0 Å². The normalized spacial score (nSPS) is 23.8. The predicted octanol–water partition coefficient (Wildman–Crippen LogP) is 0.974. The largest absolute Gasteiger partial charge is 0.229 e. The molecule has 1 fully saturated rings. The first-order valence-corrected chi connectivity index (χ1v) is 5.10. The van der Waals surface area contributed by atoms with Crippen molar-refractivity contribution in [3.63, 3.8) is 0 Å². The molecule has 0 atom stereocenters. The van der Waals surface area contributed by atoms with Crippen molar-refractivity contribution in [3.05, 3.63) is 0 Å². The first kappa shape index (κ1) is 7.06. The van der Waals surface area contributed by atoms with Gasteiger partial charge in [0.15, 0.2) is 9.84 Å². The smallest absolute Gasteiger partial charge is 0.153 e. The van der Waals surface area contributed by atoms with E-state index in [1.807, 2.05) is 6.92 Å². The van der Waals surface area contributed by atoms with E-state index in [-0.39, 0.29) is 4.75 Å². The van der Waals surface area contributed by atoms with Gasteiger partial charge in [-0.25, -0.2) is 8.42 Å². The molecule has 9 heavy (non-hydrogen) atoms. The molecule has 0 aromatic heterocycles. The van der Waals surface area contributed by atoms with Crippen LogP contribution in [0.2, 0.25) is 0 Å². The highest BCUT2D eigenvalue weighted by molar-refractivity contribution is 7.92. The Hall–Kier alpha value is -0.0500. The van der Waals surface area contributed by atoms with Crippen molar-refractivity contribution in [1.29, 1.82) is 0 Å². The van der Waals surface area contributed by atoms with Crippen molar-refractivity contribution in [2.45, 2.75) is 30.9 Å². The topological polar surface area (TPSA) is 34.1 Å². The molecule has 0 aromatic rings. The standard InChI is InChI=1S/C6H12O2S/c1-3-6(4-5-6)9(2,7)8/h3-5H2,1-2H3. The summed E-state index contributed by atoms with van der Waals surface area (Å²) in [6.45, 7) is 1.94. The van der Waals surface area contributed by atoms with E-state index >= 15 is 0 Å². The van der Waals surface area contributed by atoms with E-state index in [0.29, 0.717) is 0 Å². The number of sulfone groups is 1. The average Bonchev–Trinajstić information content (AvgIpc) is 2.40. The van der Waals surface area contributed by atoms with Crippen molar-refractivity contribution >= 4 is 9.84 Å². The molecule has 0 saturated heterocycles. The van der Waals surface area contributed by atoms with Crippen LogP contribution in [0.1, 0.15) is 26.2 Å². The molecule has 1 aliphatic carbocycles. The highest BCUT2D eigenvalue weighted by atomic mass is 32.2. The number of rotatable bonds is 2. The van der Waals surface area contributed by atoms with Crippen molar-refractivity contribution < 1.29 is 8.42 Å². The lowest BCUT2D eigenvalue weighted by Gasteiger charge is -2.07. The van der Waals surface area contributed by atoms with Crippen molar-refractivity contribution in [3.8, 4) is 0 Å². The Morgan fingerprint density at radius 2 is 1.89 bits per heavy atom. The Bertz CT molecular complexity index is 199. The molecule has 0 aromatic carbocycles. The Morgan fingerprint density at radius 3 is 1.89 bits per heavy atom. The van der Waals surface area contributed by atoms with Crippen LogP contribution < -0.4 is 0 Å². The minimum Gasteiger partial charge on any atom is -0.229 e. The fraction of sp³-hybridized carbons (Fsp3) is 1.00. The summed E-state index contributed by atoms with van der Waals surface area (Å²) in [7, 11) is -2.74. The molecule has 0 aliphatic heterocycles. The third kappa shape index (κ3) is 0.980. The van der Waals surface area contributed by atoms with Gasteiger partial charge >= 0.3 is 0 Å². The second-order valence-electron chi connectivity index (χ2n) is 2.81. The van der Waals surface area contributed by atoms with Gasteiger partial charge in [0.25, 0.3) is 0 Å². The highest BCUT2D eigenvalue weighted by Crippen LogP contribution is 2.45. The van der Waals surface area contributed by atoms with Gasteiger partial charge in [-0.3, -0.25) is 0 Å². The number of hydrogen-bond acceptors (Lipinski definition) is 2. The van der Waals surface area contributed by atoms with Crippen molar-refractivity contribution in [2.75, 3.05) is 6.26 Å². The molecule has 0 spiro atoms. The first-order valence-electron chi connectivity index (χ1n) is 3.21. The van der Waals surface area contributed by atoms with E-state index in [2.05, 4.69) is 0 Å². The third-order valence-electron chi connectivity index (χ3n) is 2.24. The lowest BCUT2D eigenvalue weighted by Crippen LogP contribution is -2.19. The van der Waals surface area contributed by atoms with Gasteiger partial charge in [0.05, 0.1) is 4.75 Å². The van der Waals surface area contributed by atoms with Crippen molar-refractivity contribution in [1.82, 2.24) is 0 Å². The van der Waals surface area contributed by atoms with E-state index in [1.54, 1.807) is 0 Å². The molecule has 3 heteroatoms. The summed E-state index contributed by atoms with van der Waals surface area (Å²) in [5.41, 5.74) is 0. The van der Waals surface area contributed by atoms with Crippen LogP contribution in [0.15, 0.2) is 0 Å². The van der Waals surface area contributed by atoms with Gasteiger partial charge in [0, 0.05) is 6.26 Å². The third-order valence-corrected chi connectivity index (χ3v) is 4.51. The molecular weight excluding hydrogens is 136 g/mol. The summed E-state index contributed by atoms with van der Waals surface area (Å²) in [6, 6.07) is 0. The summed E-state index contributed by atoms with van der Waals surface area (Å²) >= 11 is 0. The van der Waals surface area contributed by atoms with Crippen LogP contribution in [0, 0.1) is 0 Å². The average molecular weight is 148 g/mol. The molecular formula is C6H12O2S. The highest BCUT2D eigenvalue weighted by Gasteiger charge is 2.49. The van der Waals surface area contributed by atoms with E-state index in [0.717, 1.165) is 19.3 Å². The van der Waals surface area contributed by atoms with E-state index < -0.39 is 9.84 Å². The maximum absolute atomic E-state index is 10.9. The quantitative estimate of drug-likeness (QED) is 0.585. The fourth-order valence-electron chi connectivity index (χ4n) is 1.13. The SMILES string of the molecule is CCC1(S(C)(=O)=O)CC1. The fourth-order valence-corrected chi connectivity index (χ4v) is 2.49. The van der Waals surface area contributed by atoms with Crippen LogP contribution in [-0.2, 0) is 9.84 Å². The second kappa shape index (κ2) is 1.72. The summed E-state index contributed by atoms with van der Waals surface area (Å²) in [5.74, 6) is 0. The van der Waals surface area contributed by atoms with Gasteiger partial charge in [0.2, 0.25) is 0 Å². The summed E-state index contributed by atoms with van der Waals surface area (Å²) in [6.07, 6.45) is 3.88. The molecule has 0 unspecified atom stereocenters. The molecule has 1 rings (SSSR count). The van der Waals surface area contributed by atoms with E-state index in [4.69, 9.17) is 0 Å². The van der Waals surface area contributed by atoms with Gasteiger partial charge in [-0.1, -0.05) is 6.92 Å². The Balaban J connectivity index is 2.85. The maximum Gasteiger partial charge on any atom is 0.153 e. The summed E-state index contributed by atoms with van der Waals surface area (Å²) in [4.78, 5) is 0. The second-order valence-corrected chi connectivity index (χ2v) is 5.22. The molecule has 54 valence electrons. The summed E-state index contributed by atoms with van der Waals surface area (Å²) < 4.78 is 21.6. The van der Waals surface area contributed by atoms with Gasteiger partial charge in [-0.15, -0.1) is 0 Å². The van der Waals surface area contributed by atoms with Crippen LogP contribution in [0.25, 0.3) is 0 Å². The maximum atomic E-state index is 10.9. The van der Waals surface area contributed by atoms with Gasteiger partial charge < -0.3 is 0 Å². The van der Waals surface area contributed by atoms with Gasteiger partial charge in [-0.2, -0.15) is 0 Å². The lowest BCUT2D eigenvalue weighted by molar-refractivity contribution is 0.579. The van der Waals surface area contributed by atoms with Crippen LogP contribution >= 0.6 is 0 Å². The Kier molecular flexibility index (Phi) is 1.35. The first-order chi connectivity index (χ1) is 4.02. The van der Waals surface area contributed by atoms with Crippen LogP contribution in [-0.4, -0.2) is 19.4 Å². The molecule has 1 aliphatic rings. The molecule has 0 heterocycles. The van der Waals surface area contributed by atoms with Crippen molar-refractivity contribution in [2.24, 2.45) is 0 Å². The summed E-state index contributed by atoms with van der Waals surface area (Å²) in [5, 5.41) is 0. The Labute approximate surface area is 56.2 Å². The molecule has 0 amide bonds. The monoisotopic (exact) mass is 148 g/mol. The molecule has 0 radical (unpaired) electrons. The van der Waals surface area contributed by atoms with Crippen LogP contribution in [0.3, 0.4) is 0 Å². The Morgan fingerprint density at radius 1 is 1.44 bits per heavy atom. The lowest BCUT2D eigenvalue weighted by atomic mass is 10.3. The predicted molar refractivity (Wildman–Crippen MR) is 37.1 cm³/mol. The van der Waals surface area contributed by atoms with Gasteiger partial charge in [0.1, 0.15) is 0 Å². The zero-order valence-electron chi connectivity index (χ0n) is 5.85. The van der Waals surface area contributed by atoms with Crippen LogP contribution in [0.4, 0.5) is 0 Å². The molecule has 2 nitrogen and oxygen atoms in total. The molecule has 0 N–H and O–H groups in total. The van der Waals surface area contributed by atoms with E-state index in [9.17, 15) is 8.42 Å². The number of hydrogen-bond donors (Lipinski definition) is 0. The molecule has 1 saturated carbocycles. The minimum absolute atomic E-state index is 0.299. The zero-order chi connectivity index (χ0) is 7.12. The van der Waals surface area contributed by atoms with Gasteiger partial charge in [-0.05, 0) is 19.3 Å². The molecule has 0 bridgehead atoms. The minimum atomic E-state index is -2.74.